The highest BCUT2D eigenvalue weighted by Gasteiger charge is 2.21. The molecule has 4 aromatic rings. The molecule has 0 aliphatic heterocycles. The molecule has 0 radical (unpaired) electrons. The molecule has 0 aliphatic carbocycles. The lowest BCUT2D eigenvalue weighted by molar-refractivity contribution is -0.384. The molecule has 2 aromatic carbocycles. The Bertz CT molecular complexity index is 1380. The van der Waals surface area contributed by atoms with Crippen molar-refractivity contribution in [2.24, 2.45) is 0 Å². The molecule has 0 spiro atoms. The molecule has 2 heterocycles. The van der Waals surface area contributed by atoms with Crippen LogP contribution in [0, 0.1) is 10.1 Å². The third-order valence-electron chi connectivity index (χ3n) is 4.82. The molecule has 0 bridgehead atoms. The number of benzene rings is 2. The number of nitrogens with zero attached hydrogens (tertiary/aromatic N) is 3. The maximum Gasteiger partial charge on any atom is 0.356 e. The van der Waals surface area contributed by atoms with Crippen LogP contribution in [0.3, 0.4) is 0 Å². The molecule has 9 heteroatoms. The maximum atomic E-state index is 12.3. The van der Waals surface area contributed by atoms with E-state index < -0.39 is 16.9 Å². The van der Waals surface area contributed by atoms with E-state index in [2.05, 4.69) is 9.97 Å². The van der Waals surface area contributed by atoms with E-state index in [1.807, 2.05) is 0 Å². The molecule has 0 amide bonds. The summed E-state index contributed by atoms with van der Waals surface area (Å²) in [6, 6.07) is 14.4. The second-order valence-electron chi connectivity index (χ2n) is 6.54. The van der Waals surface area contributed by atoms with Gasteiger partial charge in [-0.15, -0.1) is 0 Å². The zero-order valence-electron chi connectivity index (χ0n) is 16.5. The van der Waals surface area contributed by atoms with Crippen LogP contribution in [0.1, 0.15) is 21.0 Å². The monoisotopic (exact) mass is 417 g/mol. The van der Waals surface area contributed by atoms with Crippen LogP contribution in [-0.2, 0) is 9.47 Å². The van der Waals surface area contributed by atoms with Crippen LogP contribution in [0.25, 0.3) is 32.9 Å². The van der Waals surface area contributed by atoms with E-state index in [9.17, 15) is 19.7 Å². The molecule has 0 aliphatic rings. The first-order chi connectivity index (χ1) is 14.9. The van der Waals surface area contributed by atoms with Crippen molar-refractivity contribution in [1.29, 1.82) is 0 Å². The Morgan fingerprint density at radius 2 is 1.48 bits per heavy atom. The normalized spacial score (nSPS) is 10.8. The second-order valence-corrected chi connectivity index (χ2v) is 6.54. The van der Waals surface area contributed by atoms with Gasteiger partial charge in [0.15, 0.2) is 0 Å². The quantitative estimate of drug-likeness (QED) is 0.212. The predicted octanol–water partition coefficient (Wildman–Crippen LogP) is 3.93. The smallest absolute Gasteiger partial charge is 0.356 e. The summed E-state index contributed by atoms with van der Waals surface area (Å²) < 4.78 is 9.56. The fraction of sp³-hybridized carbons (Fsp3) is 0.0909. The van der Waals surface area contributed by atoms with Gasteiger partial charge in [-0.1, -0.05) is 30.3 Å². The number of nitro benzene ring substituents is 1. The number of methoxy groups -OCH3 is 2. The lowest BCUT2D eigenvalue weighted by Crippen LogP contribution is -2.07. The molecule has 0 saturated heterocycles. The predicted molar refractivity (Wildman–Crippen MR) is 112 cm³/mol. The Labute approximate surface area is 175 Å². The van der Waals surface area contributed by atoms with Gasteiger partial charge < -0.3 is 9.47 Å². The number of para-hydroxylation sites is 1. The molecule has 31 heavy (non-hydrogen) atoms. The second kappa shape index (κ2) is 7.79. The van der Waals surface area contributed by atoms with Crippen molar-refractivity contribution in [1.82, 2.24) is 9.97 Å². The van der Waals surface area contributed by atoms with Crippen LogP contribution in [0.2, 0.25) is 0 Å². The molecule has 4 rings (SSSR count). The molecular weight excluding hydrogens is 402 g/mol. The Morgan fingerprint density at radius 3 is 2.19 bits per heavy atom. The molecule has 0 atom stereocenters. The number of esters is 2. The molecule has 9 nitrogen and oxygen atoms in total. The summed E-state index contributed by atoms with van der Waals surface area (Å²) in [5.74, 6) is -1.33. The molecule has 154 valence electrons. The van der Waals surface area contributed by atoms with E-state index in [0.29, 0.717) is 32.9 Å². The lowest BCUT2D eigenvalue weighted by atomic mass is 9.97. The van der Waals surface area contributed by atoms with Crippen molar-refractivity contribution in [3.8, 4) is 11.1 Å². The highest BCUT2D eigenvalue weighted by atomic mass is 16.6. The molecular formula is C22H15N3O6. The van der Waals surface area contributed by atoms with Gasteiger partial charge in [0.2, 0.25) is 0 Å². The van der Waals surface area contributed by atoms with E-state index in [0.717, 1.165) is 0 Å². The number of hydrogen-bond donors (Lipinski definition) is 0. The summed E-state index contributed by atoms with van der Waals surface area (Å²) in [7, 11) is 2.47. The summed E-state index contributed by atoms with van der Waals surface area (Å²) in [5.41, 5.74) is 1.30. The van der Waals surface area contributed by atoms with Crippen LogP contribution in [0.5, 0.6) is 0 Å². The first-order valence-corrected chi connectivity index (χ1v) is 9.09. The first-order valence-electron chi connectivity index (χ1n) is 9.09. The summed E-state index contributed by atoms with van der Waals surface area (Å²) in [4.78, 5) is 44.2. The average Bonchev–Trinajstić information content (AvgIpc) is 2.81. The lowest BCUT2D eigenvalue weighted by Gasteiger charge is -2.12. The molecule has 0 fully saturated rings. The van der Waals surface area contributed by atoms with Gasteiger partial charge >= 0.3 is 11.9 Å². The van der Waals surface area contributed by atoms with Gasteiger partial charge in [0, 0.05) is 22.4 Å². The average molecular weight is 417 g/mol. The maximum absolute atomic E-state index is 12.3. The molecule has 2 aromatic heterocycles. The number of ether oxygens (including phenoxy) is 2. The van der Waals surface area contributed by atoms with Gasteiger partial charge in [-0.3, -0.25) is 10.1 Å². The zero-order chi connectivity index (χ0) is 22.1. The van der Waals surface area contributed by atoms with Crippen molar-refractivity contribution in [2.45, 2.75) is 0 Å². The third kappa shape index (κ3) is 3.42. The zero-order valence-corrected chi connectivity index (χ0v) is 16.5. The number of carbonyl (C=O) groups excluding carboxylic acids is 2. The number of hydrogen-bond acceptors (Lipinski definition) is 8. The SMILES string of the molecule is COC(=O)c1ccc2ccc3c(-c4ccccc4[N+](=O)[O-])cc(C(=O)OC)nc3c2n1. The van der Waals surface area contributed by atoms with E-state index in [4.69, 9.17) is 9.47 Å². The Hall–Kier alpha value is -4.40. The van der Waals surface area contributed by atoms with Crippen LogP contribution < -0.4 is 0 Å². The van der Waals surface area contributed by atoms with Crippen molar-refractivity contribution in [2.75, 3.05) is 14.2 Å². The number of carbonyl (C=O) groups is 2. The van der Waals surface area contributed by atoms with Gasteiger partial charge in [0.25, 0.3) is 5.69 Å². The minimum atomic E-state index is -0.706. The van der Waals surface area contributed by atoms with E-state index in [1.165, 1.54) is 32.4 Å². The van der Waals surface area contributed by atoms with Crippen molar-refractivity contribution in [3.05, 3.63) is 76.1 Å². The van der Waals surface area contributed by atoms with Gasteiger partial charge in [-0.2, -0.15) is 0 Å². The van der Waals surface area contributed by atoms with Gasteiger partial charge in [0.1, 0.15) is 11.4 Å². The van der Waals surface area contributed by atoms with E-state index >= 15 is 0 Å². The van der Waals surface area contributed by atoms with Crippen LogP contribution >= 0.6 is 0 Å². The van der Waals surface area contributed by atoms with Gasteiger partial charge in [0.05, 0.1) is 35.7 Å². The highest BCUT2D eigenvalue weighted by molar-refractivity contribution is 6.11. The van der Waals surface area contributed by atoms with Crippen molar-refractivity contribution < 1.29 is 24.0 Å². The fourth-order valence-electron chi connectivity index (χ4n) is 3.38. The Morgan fingerprint density at radius 1 is 0.839 bits per heavy atom. The Balaban J connectivity index is 2.14. The summed E-state index contributed by atoms with van der Waals surface area (Å²) in [5, 5.41) is 12.8. The largest absolute Gasteiger partial charge is 0.464 e. The minimum Gasteiger partial charge on any atom is -0.464 e. The van der Waals surface area contributed by atoms with Gasteiger partial charge in [-0.05, 0) is 18.2 Å². The molecule has 0 saturated carbocycles. The van der Waals surface area contributed by atoms with Crippen LogP contribution in [0.4, 0.5) is 5.69 Å². The van der Waals surface area contributed by atoms with Crippen LogP contribution in [-0.4, -0.2) is 41.0 Å². The summed E-state index contributed by atoms with van der Waals surface area (Å²) >= 11 is 0. The first kappa shape index (κ1) is 19.9. The van der Waals surface area contributed by atoms with Gasteiger partial charge in [-0.25, -0.2) is 19.6 Å². The fourth-order valence-corrected chi connectivity index (χ4v) is 3.38. The highest BCUT2D eigenvalue weighted by Crippen LogP contribution is 2.37. The standard InChI is InChI=1S/C22H15N3O6/c1-30-21(26)16-10-8-12-7-9-14-15(13-5-3-4-6-18(13)25(28)29)11-17(22(27)31-2)24-20(14)19(12)23-16/h3-11H,1-2H3. The minimum absolute atomic E-state index is 0.0408. The van der Waals surface area contributed by atoms with E-state index in [1.54, 1.807) is 36.4 Å². The van der Waals surface area contributed by atoms with Crippen molar-refractivity contribution in [3.63, 3.8) is 0 Å². The molecule has 0 N–H and O–H groups in total. The number of fused-ring (bicyclic) bond motifs is 3. The van der Waals surface area contributed by atoms with Crippen molar-refractivity contribution >= 4 is 39.4 Å². The summed E-state index contributed by atoms with van der Waals surface area (Å²) in [6.07, 6.45) is 0. The number of nitro groups is 1. The number of pyridine rings is 2. The topological polar surface area (TPSA) is 122 Å². The van der Waals surface area contributed by atoms with E-state index in [-0.39, 0.29) is 17.1 Å². The third-order valence-corrected chi connectivity index (χ3v) is 4.82. The summed E-state index contributed by atoms with van der Waals surface area (Å²) in [6.45, 7) is 0. The molecule has 0 unspecified atom stereocenters. The van der Waals surface area contributed by atoms with Crippen LogP contribution in [0.15, 0.2) is 54.6 Å². The number of aromatic nitrogens is 2. The number of rotatable bonds is 4. The Kier molecular flexibility index (Phi) is 5.00.